The molecule has 0 spiro atoms. The molecule has 0 radical (unpaired) electrons. The molecule has 6 heteroatoms. The number of benzene rings is 3. The maximum Gasteiger partial charge on any atom is 0.338 e. The Morgan fingerprint density at radius 1 is 0.925 bits per heavy atom. The van der Waals surface area contributed by atoms with Crippen LogP contribution >= 0.6 is 0 Å². The standard InChI is InChI=1S/C34H36N2O4/c1-4-40-32(37)28-12-14-29-27(21-28)16-19-35-31(29)36-33(38)34(17-6-5-7-18-34)22-24-8-10-25(11-9-24)26-13-15-30(39-3)23(2)20-26/h8-16,19-21H,4-7,17-18,22H2,1-3H3,(H,35,36,38). The third-order valence-electron chi connectivity index (χ3n) is 8.02. The first-order chi connectivity index (χ1) is 19.4. The molecule has 0 atom stereocenters. The lowest BCUT2D eigenvalue weighted by atomic mass is 9.69. The Bertz CT molecular complexity index is 1520. The predicted molar refractivity (Wildman–Crippen MR) is 159 cm³/mol. The summed E-state index contributed by atoms with van der Waals surface area (Å²) in [5.41, 5.74) is 4.51. The molecule has 1 saturated carbocycles. The van der Waals surface area contributed by atoms with Gasteiger partial charge in [-0.05, 0) is 97.1 Å². The van der Waals surface area contributed by atoms with Crippen LogP contribution in [0.25, 0.3) is 21.9 Å². The van der Waals surface area contributed by atoms with Gasteiger partial charge in [0.05, 0.1) is 24.7 Å². The lowest BCUT2D eigenvalue weighted by Gasteiger charge is -2.36. The molecule has 5 rings (SSSR count). The van der Waals surface area contributed by atoms with Crippen LogP contribution in [-0.2, 0) is 16.0 Å². The molecule has 0 bridgehead atoms. The summed E-state index contributed by atoms with van der Waals surface area (Å²) in [4.78, 5) is 30.6. The van der Waals surface area contributed by atoms with E-state index in [-0.39, 0.29) is 11.9 Å². The highest BCUT2D eigenvalue weighted by atomic mass is 16.5. The summed E-state index contributed by atoms with van der Waals surface area (Å²) in [6.07, 6.45) is 7.24. The van der Waals surface area contributed by atoms with Crippen molar-refractivity contribution in [1.82, 2.24) is 4.98 Å². The number of anilines is 1. The summed E-state index contributed by atoms with van der Waals surface area (Å²) >= 11 is 0. The normalized spacial score (nSPS) is 14.5. The Morgan fingerprint density at radius 3 is 2.38 bits per heavy atom. The smallest absolute Gasteiger partial charge is 0.338 e. The Morgan fingerprint density at radius 2 is 1.68 bits per heavy atom. The molecule has 1 amide bonds. The fourth-order valence-corrected chi connectivity index (χ4v) is 5.84. The Hall–Kier alpha value is -4.19. The molecular weight excluding hydrogens is 500 g/mol. The van der Waals surface area contributed by atoms with Gasteiger partial charge in [-0.15, -0.1) is 0 Å². The topological polar surface area (TPSA) is 77.5 Å². The van der Waals surface area contributed by atoms with E-state index in [9.17, 15) is 9.59 Å². The Balaban J connectivity index is 1.37. The van der Waals surface area contributed by atoms with E-state index in [4.69, 9.17) is 9.47 Å². The quantitative estimate of drug-likeness (QED) is 0.236. The molecule has 0 saturated heterocycles. The molecule has 1 aliphatic rings. The lowest BCUT2D eigenvalue weighted by Crippen LogP contribution is -2.40. The van der Waals surface area contributed by atoms with Gasteiger partial charge in [0.25, 0.3) is 0 Å². The van der Waals surface area contributed by atoms with Crippen LogP contribution in [0.3, 0.4) is 0 Å². The number of aryl methyl sites for hydroxylation is 1. The molecule has 1 heterocycles. The van der Waals surface area contributed by atoms with Crippen molar-refractivity contribution in [2.24, 2.45) is 5.41 Å². The van der Waals surface area contributed by atoms with Crippen LogP contribution in [0.5, 0.6) is 5.75 Å². The second kappa shape index (κ2) is 11.9. The number of nitrogens with zero attached hydrogens (tertiary/aromatic N) is 1. The summed E-state index contributed by atoms with van der Waals surface area (Å²) in [7, 11) is 1.69. The highest BCUT2D eigenvalue weighted by molar-refractivity contribution is 6.04. The molecule has 40 heavy (non-hydrogen) atoms. The first kappa shape index (κ1) is 27.4. The highest BCUT2D eigenvalue weighted by Gasteiger charge is 2.40. The molecule has 1 fully saturated rings. The van der Waals surface area contributed by atoms with Gasteiger partial charge in [-0.1, -0.05) is 49.6 Å². The number of hydrogen-bond donors (Lipinski definition) is 1. The lowest BCUT2D eigenvalue weighted by molar-refractivity contribution is -0.127. The van der Waals surface area contributed by atoms with E-state index in [1.165, 1.54) is 0 Å². The molecule has 6 nitrogen and oxygen atoms in total. The molecule has 3 aromatic carbocycles. The number of hydrogen-bond acceptors (Lipinski definition) is 5. The van der Waals surface area contributed by atoms with Crippen LogP contribution in [0.2, 0.25) is 0 Å². The van der Waals surface area contributed by atoms with Crippen molar-refractivity contribution in [3.63, 3.8) is 0 Å². The minimum absolute atomic E-state index is 0.0107. The molecule has 0 unspecified atom stereocenters. The first-order valence-corrected chi connectivity index (χ1v) is 14.0. The van der Waals surface area contributed by atoms with Crippen molar-refractivity contribution in [2.45, 2.75) is 52.4 Å². The number of ether oxygens (including phenoxy) is 2. The van der Waals surface area contributed by atoms with Gasteiger partial charge in [-0.3, -0.25) is 4.79 Å². The number of carbonyl (C=O) groups is 2. The fourth-order valence-electron chi connectivity index (χ4n) is 5.84. The zero-order valence-electron chi connectivity index (χ0n) is 23.5. The van der Waals surface area contributed by atoms with Crippen LogP contribution in [0.1, 0.15) is 60.5 Å². The number of carbonyl (C=O) groups excluding carboxylic acids is 2. The molecular formula is C34H36N2O4. The molecule has 1 aromatic heterocycles. The van der Waals surface area contributed by atoms with Crippen molar-refractivity contribution in [1.29, 1.82) is 0 Å². The van der Waals surface area contributed by atoms with E-state index >= 15 is 0 Å². The summed E-state index contributed by atoms with van der Waals surface area (Å²) in [6.45, 7) is 4.15. The minimum Gasteiger partial charge on any atom is -0.496 e. The van der Waals surface area contributed by atoms with Crippen molar-refractivity contribution in [2.75, 3.05) is 19.0 Å². The maximum atomic E-state index is 13.9. The molecule has 4 aromatic rings. The minimum atomic E-state index is -0.495. The van der Waals surface area contributed by atoms with Gasteiger partial charge in [0, 0.05) is 11.6 Å². The first-order valence-electron chi connectivity index (χ1n) is 14.0. The molecule has 1 aliphatic carbocycles. The molecule has 1 N–H and O–H groups in total. The average Bonchev–Trinajstić information content (AvgIpc) is 2.98. The monoisotopic (exact) mass is 536 g/mol. The molecule has 0 aliphatic heterocycles. The van der Waals surface area contributed by atoms with E-state index in [0.29, 0.717) is 24.4 Å². The number of aromatic nitrogens is 1. The average molecular weight is 537 g/mol. The van der Waals surface area contributed by atoms with Crippen molar-refractivity contribution in [3.05, 3.63) is 89.6 Å². The maximum absolute atomic E-state index is 13.9. The van der Waals surface area contributed by atoms with Gasteiger partial charge in [0.1, 0.15) is 11.6 Å². The van der Waals surface area contributed by atoms with Gasteiger partial charge in [-0.2, -0.15) is 0 Å². The van der Waals surface area contributed by atoms with Crippen molar-refractivity contribution < 1.29 is 19.1 Å². The SMILES string of the molecule is CCOC(=O)c1ccc2c(NC(=O)C3(Cc4ccc(-c5ccc(OC)c(C)c5)cc4)CCCCC3)nccc2c1. The van der Waals surface area contributed by atoms with Crippen LogP contribution < -0.4 is 10.1 Å². The number of methoxy groups -OCH3 is 1. The van der Waals surface area contributed by atoms with Crippen LogP contribution in [0.15, 0.2) is 72.9 Å². The number of fused-ring (bicyclic) bond motifs is 1. The van der Waals surface area contributed by atoms with Gasteiger partial charge in [-0.25, -0.2) is 9.78 Å². The van der Waals surface area contributed by atoms with E-state index in [0.717, 1.165) is 70.9 Å². The second-order valence-electron chi connectivity index (χ2n) is 10.7. The zero-order valence-corrected chi connectivity index (χ0v) is 23.5. The third-order valence-corrected chi connectivity index (χ3v) is 8.02. The van der Waals surface area contributed by atoms with Gasteiger partial charge >= 0.3 is 5.97 Å². The predicted octanol–water partition coefficient (Wildman–Crippen LogP) is 7.53. The third kappa shape index (κ3) is 5.71. The van der Waals surface area contributed by atoms with Gasteiger partial charge < -0.3 is 14.8 Å². The highest BCUT2D eigenvalue weighted by Crippen LogP contribution is 2.41. The summed E-state index contributed by atoms with van der Waals surface area (Å²) < 4.78 is 10.5. The number of esters is 1. The number of amides is 1. The summed E-state index contributed by atoms with van der Waals surface area (Å²) in [5.74, 6) is 1.05. The van der Waals surface area contributed by atoms with Crippen LogP contribution in [0, 0.1) is 12.3 Å². The number of rotatable bonds is 8. The second-order valence-corrected chi connectivity index (χ2v) is 10.7. The summed E-state index contributed by atoms with van der Waals surface area (Å²) in [5, 5.41) is 4.80. The van der Waals surface area contributed by atoms with Crippen molar-refractivity contribution >= 4 is 28.5 Å². The number of pyridine rings is 1. The Kier molecular flexibility index (Phi) is 8.15. The van der Waals surface area contributed by atoms with E-state index in [2.05, 4.69) is 46.7 Å². The molecule has 206 valence electrons. The van der Waals surface area contributed by atoms with Gasteiger partial charge in [0.2, 0.25) is 5.91 Å². The number of nitrogens with one attached hydrogen (secondary N) is 1. The zero-order chi connectivity index (χ0) is 28.1. The van der Waals surface area contributed by atoms with Crippen LogP contribution in [0.4, 0.5) is 5.82 Å². The fraction of sp³-hybridized carbons (Fsp3) is 0.324. The van der Waals surface area contributed by atoms with E-state index in [1.807, 2.05) is 25.1 Å². The van der Waals surface area contributed by atoms with E-state index in [1.54, 1.807) is 32.4 Å². The summed E-state index contributed by atoms with van der Waals surface area (Å²) in [6, 6.07) is 22.0. The van der Waals surface area contributed by atoms with E-state index < -0.39 is 5.41 Å². The van der Waals surface area contributed by atoms with Crippen molar-refractivity contribution in [3.8, 4) is 16.9 Å². The van der Waals surface area contributed by atoms with Crippen LogP contribution in [-0.4, -0.2) is 30.6 Å². The largest absolute Gasteiger partial charge is 0.496 e. The Labute approximate surface area is 235 Å². The van der Waals surface area contributed by atoms with Gasteiger partial charge in [0.15, 0.2) is 0 Å².